The molecule has 0 aliphatic carbocycles. The van der Waals surface area contributed by atoms with Crippen LogP contribution >= 0.6 is 11.6 Å². The predicted octanol–water partition coefficient (Wildman–Crippen LogP) is 4.87. The maximum absolute atomic E-state index is 12.6. The molecule has 0 heterocycles. The van der Waals surface area contributed by atoms with Crippen LogP contribution in [0.25, 0.3) is 0 Å². The molecule has 1 N–H and O–H groups in total. The lowest BCUT2D eigenvalue weighted by atomic mass is 10.1. The Kier molecular flexibility index (Phi) is 6.98. The largest absolute Gasteiger partial charge is 0.497 e. The van der Waals surface area contributed by atoms with E-state index in [0.29, 0.717) is 28.6 Å². The molecule has 3 aromatic carbocycles. The molecule has 0 saturated carbocycles. The van der Waals surface area contributed by atoms with E-state index >= 15 is 0 Å². The number of hydrogen-bond acceptors (Lipinski definition) is 4. The summed E-state index contributed by atoms with van der Waals surface area (Å²) in [6, 6.07) is 20.0. The third-order valence-electron chi connectivity index (χ3n) is 4.35. The van der Waals surface area contributed by atoms with Crippen LogP contribution in [-0.2, 0) is 13.2 Å². The third-order valence-corrected chi connectivity index (χ3v) is 4.58. The SMILES string of the molecule is COc1ccc(CNC(=O)c2ccc(OC)c(COc3cccc(Cl)c3)c2)cc1. The Balaban J connectivity index is 1.66. The molecule has 0 spiro atoms. The Morgan fingerprint density at radius 2 is 1.72 bits per heavy atom. The maximum Gasteiger partial charge on any atom is 0.251 e. The van der Waals surface area contributed by atoms with Crippen molar-refractivity contribution in [3.63, 3.8) is 0 Å². The number of benzene rings is 3. The minimum Gasteiger partial charge on any atom is -0.497 e. The molecule has 6 heteroatoms. The summed E-state index contributed by atoms with van der Waals surface area (Å²) in [5.41, 5.74) is 2.28. The van der Waals surface area contributed by atoms with Crippen molar-refractivity contribution in [1.29, 1.82) is 0 Å². The van der Waals surface area contributed by atoms with Gasteiger partial charge in [-0.3, -0.25) is 4.79 Å². The van der Waals surface area contributed by atoms with Crippen LogP contribution < -0.4 is 19.5 Å². The van der Waals surface area contributed by atoms with E-state index in [9.17, 15) is 4.79 Å². The van der Waals surface area contributed by atoms with Crippen molar-refractivity contribution in [2.24, 2.45) is 0 Å². The van der Waals surface area contributed by atoms with Gasteiger partial charge in [0.2, 0.25) is 0 Å². The zero-order valence-corrected chi connectivity index (χ0v) is 17.0. The molecule has 5 nitrogen and oxygen atoms in total. The molecule has 3 aromatic rings. The molecule has 0 bridgehead atoms. The van der Waals surface area contributed by atoms with Crippen LogP contribution in [-0.4, -0.2) is 20.1 Å². The Bertz CT molecular complexity index is 973. The fourth-order valence-corrected chi connectivity index (χ4v) is 2.96. The topological polar surface area (TPSA) is 56.8 Å². The van der Waals surface area contributed by atoms with E-state index in [1.54, 1.807) is 44.6 Å². The molecule has 0 atom stereocenters. The quantitative estimate of drug-likeness (QED) is 0.574. The van der Waals surface area contributed by atoms with E-state index in [2.05, 4.69) is 5.32 Å². The molecule has 1 amide bonds. The molecule has 3 rings (SSSR count). The Labute approximate surface area is 175 Å². The highest BCUT2D eigenvalue weighted by atomic mass is 35.5. The van der Waals surface area contributed by atoms with E-state index in [1.165, 1.54) is 0 Å². The van der Waals surface area contributed by atoms with Crippen LogP contribution in [0.5, 0.6) is 17.2 Å². The van der Waals surface area contributed by atoms with Gasteiger partial charge in [-0.1, -0.05) is 29.8 Å². The van der Waals surface area contributed by atoms with Gasteiger partial charge in [0.1, 0.15) is 23.9 Å². The van der Waals surface area contributed by atoms with Crippen LogP contribution in [0.1, 0.15) is 21.5 Å². The summed E-state index contributed by atoms with van der Waals surface area (Å²) in [6.45, 7) is 0.673. The van der Waals surface area contributed by atoms with Gasteiger partial charge in [-0.05, 0) is 54.1 Å². The van der Waals surface area contributed by atoms with Crippen LogP contribution in [0.4, 0.5) is 0 Å². The van der Waals surface area contributed by atoms with Gasteiger partial charge in [0.15, 0.2) is 0 Å². The van der Waals surface area contributed by atoms with Gasteiger partial charge >= 0.3 is 0 Å². The number of amides is 1. The standard InChI is InChI=1S/C23H22ClNO4/c1-27-20-9-6-16(7-10-20)14-25-23(26)17-8-11-22(28-2)18(12-17)15-29-21-5-3-4-19(24)13-21/h3-13H,14-15H2,1-2H3,(H,25,26). The normalized spacial score (nSPS) is 10.3. The predicted molar refractivity (Wildman–Crippen MR) is 113 cm³/mol. The van der Waals surface area contributed by atoms with Gasteiger partial charge in [0.05, 0.1) is 14.2 Å². The lowest BCUT2D eigenvalue weighted by Crippen LogP contribution is -2.23. The van der Waals surface area contributed by atoms with Crippen LogP contribution in [0, 0.1) is 0 Å². The minimum absolute atomic E-state index is 0.174. The van der Waals surface area contributed by atoms with Gasteiger partial charge in [-0.25, -0.2) is 0 Å². The first-order valence-electron chi connectivity index (χ1n) is 9.05. The van der Waals surface area contributed by atoms with E-state index in [4.69, 9.17) is 25.8 Å². The first-order chi connectivity index (χ1) is 14.1. The van der Waals surface area contributed by atoms with E-state index < -0.39 is 0 Å². The molecule has 150 valence electrons. The number of rotatable bonds is 8. The van der Waals surface area contributed by atoms with Gasteiger partial charge < -0.3 is 19.5 Å². The van der Waals surface area contributed by atoms with Crippen molar-refractivity contribution in [3.05, 3.63) is 88.4 Å². The van der Waals surface area contributed by atoms with E-state index in [0.717, 1.165) is 16.9 Å². The highest BCUT2D eigenvalue weighted by molar-refractivity contribution is 6.30. The van der Waals surface area contributed by atoms with Gasteiger partial charge in [-0.2, -0.15) is 0 Å². The zero-order chi connectivity index (χ0) is 20.6. The van der Waals surface area contributed by atoms with Crippen molar-refractivity contribution in [3.8, 4) is 17.2 Å². The van der Waals surface area contributed by atoms with Crippen LogP contribution in [0.15, 0.2) is 66.7 Å². The van der Waals surface area contributed by atoms with Crippen LogP contribution in [0.2, 0.25) is 5.02 Å². The van der Waals surface area contributed by atoms with E-state index in [1.807, 2.05) is 36.4 Å². The van der Waals surface area contributed by atoms with E-state index in [-0.39, 0.29) is 12.5 Å². The van der Waals surface area contributed by atoms with Crippen molar-refractivity contribution >= 4 is 17.5 Å². The summed E-state index contributed by atoms with van der Waals surface area (Å²) < 4.78 is 16.3. The van der Waals surface area contributed by atoms with Crippen molar-refractivity contribution in [2.75, 3.05) is 14.2 Å². The molecule has 29 heavy (non-hydrogen) atoms. The molecule has 0 aliphatic rings. The first-order valence-corrected chi connectivity index (χ1v) is 9.43. The fraction of sp³-hybridized carbons (Fsp3) is 0.174. The number of halogens is 1. The Morgan fingerprint density at radius 1 is 0.931 bits per heavy atom. The molecule has 0 aliphatic heterocycles. The molecular formula is C23H22ClNO4. The van der Waals surface area contributed by atoms with Gasteiger partial charge in [0.25, 0.3) is 5.91 Å². The smallest absolute Gasteiger partial charge is 0.251 e. The molecule has 0 radical (unpaired) electrons. The molecule has 0 aromatic heterocycles. The molecular weight excluding hydrogens is 390 g/mol. The number of carbonyl (C=O) groups is 1. The summed E-state index contributed by atoms with van der Waals surface area (Å²) in [5, 5.41) is 3.52. The summed E-state index contributed by atoms with van der Waals surface area (Å²) in [4.78, 5) is 12.6. The van der Waals surface area contributed by atoms with Crippen molar-refractivity contribution in [2.45, 2.75) is 13.2 Å². The third kappa shape index (κ3) is 5.65. The number of methoxy groups -OCH3 is 2. The molecule has 0 fully saturated rings. The number of nitrogens with one attached hydrogen (secondary N) is 1. The summed E-state index contributed by atoms with van der Waals surface area (Å²) in [5.74, 6) is 1.90. The number of ether oxygens (including phenoxy) is 3. The summed E-state index contributed by atoms with van der Waals surface area (Å²) in [6.07, 6.45) is 0. The Morgan fingerprint density at radius 3 is 2.41 bits per heavy atom. The average Bonchev–Trinajstić information content (AvgIpc) is 2.76. The fourth-order valence-electron chi connectivity index (χ4n) is 2.78. The van der Waals surface area contributed by atoms with Crippen molar-refractivity contribution < 1.29 is 19.0 Å². The van der Waals surface area contributed by atoms with Gasteiger partial charge in [-0.15, -0.1) is 0 Å². The highest BCUT2D eigenvalue weighted by Gasteiger charge is 2.11. The van der Waals surface area contributed by atoms with Gasteiger partial charge in [0, 0.05) is 22.7 Å². The second-order valence-corrected chi connectivity index (χ2v) is 6.74. The number of hydrogen-bond donors (Lipinski definition) is 1. The zero-order valence-electron chi connectivity index (χ0n) is 16.3. The first kappa shape index (κ1) is 20.6. The lowest BCUT2D eigenvalue weighted by molar-refractivity contribution is 0.0950. The average molecular weight is 412 g/mol. The lowest BCUT2D eigenvalue weighted by Gasteiger charge is -2.13. The van der Waals surface area contributed by atoms with Crippen molar-refractivity contribution in [1.82, 2.24) is 5.32 Å². The molecule has 0 unspecified atom stereocenters. The summed E-state index contributed by atoms with van der Waals surface area (Å²) in [7, 11) is 3.20. The summed E-state index contributed by atoms with van der Waals surface area (Å²) >= 11 is 5.99. The number of carbonyl (C=O) groups excluding carboxylic acids is 1. The monoisotopic (exact) mass is 411 g/mol. The second kappa shape index (κ2) is 9.85. The second-order valence-electron chi connectivity index (χ2n) is 6.30. The molecule has 0 saturated heterocycles. The highest BCUT2D eigenvalue weighted by Crippen LogP contribution is 2.24. The Hall–Kier alpha value is -3.18. The maximum atomic E-state index is 12.6. The van der Waals surface area contributed by atoms with Crippen LogP contribution in [0.3, 0.4) is 0 Å². The minimum atomic E-state index is -0.174.